The number of rotatable bonds is 3. The van der Waals surface area contributed by atoms with E-state index in [1.807, 2.05) is 24.5 Å². The van der Waals surface area contributed by atoms with Crippen LogP contribution in [0.4, 0.5) is 4.39 Å². The van der Waals surface area contributed by atoms with E-state index < -0.39 is 5.60 Å². The monoisotopic (exact) mass is 340 g/mol. The second kappa shape index (κ2) is 4.53. The van der Waals surface area contributed by atoms with Crippen LogP contribution in [-0.4, -0.2) is 14.7 Å². The zero-order chi connectivity index (χ0) is 14.7. The summed E-state index contributed by atoms with van der Waals surface area (Å²) in [6.07, 6.45) is 2.00. The van der Waals surface area contributed by atoms with Gasteiger partial charge in [0.2, 0.25) is 0 Å². The van der Waals surface area contributed by atoms with Gasteiger partial charge in [-0.25, -0.2) is 9.37 Å². The molecule has 0 spiro atoms. The van der Waals surface area contributed by atoms with Crippen molar-refractivity contribution in [1.29, 1.82) is 0 Å². The van der Waals surface area contributed by atoms with Crippen LogP contribution in [0.25, 0.3) is 11.0 Å². The molecule has 1 aliphatic rings. The zero-order valence-electron chi connectivity index (χ0n) is 11.8. The van der Waals surface area contributed by atoms with E-state index in [-0.39, 0.29) is 17.8 Å². The van der Waals surface area contributed by atoms with E-state index in [0.29, 0.717) is 15.8 Å². The van der Waals surface area contributed by atoms with Gasteiger partial charge in [-0.05, 0) is 51.7 Å². The van der Waals surface area contributed by atoms with Crippen molar-refractivity contribution in [3.63, 3.8) is 0 Å². The molecule has 0 radical (unpaired) electrons. The molecule has 0 aliphatic heterocycles. The average Bonchev–Trinajstić information content (AvgIpc) is 3.10. The Morgan fingerprint density at radius 3 is 2.65 bits per heavy atom. The van der Waals surface area contributed by atoms with Gasteiger partial charge in [-0.1, -0.05) is 15.9 Å². The van der Waals surface area contributed by atoms with Crippen LogP contribution >= 0.6 is 15.9 Å². The molecule has 0 bridgehead atoms. The van der Waals surface area contributed by atoms with E-state index in [4.69, 9.17) is 0 Å². The Balaban J connectivity index is 2.31. The zero-order valence-corrected chi connectivity index (χ0v) is 13.4. The van der Waals surface area contributed by atoms with Gasteiger partial charge in [0.1, 0.15) is 16.9 Å². The van der Waals surface area contributed by atoms with Crippen LogP contribution in [0, 0.1) is 11.7 Å². The van der Waals surface area contributed by atoms with Crippen LogP contribution in [0.3, 0.4) is 0 Å². The number of benzene rings is 1. The van der Waals surface area contributed by atoms with Gasteiger partial charge in [-0.15, -0.1) is 0 Å². The maximum atomic E-state index is 14.1. The van der Waals surface area contributed by atoms with Gasteiger partial charge < -0.3 is 9.67 Å². The Kier molecular flexibility index (Phi) is 3.18. The van der Waals surface area contributed by atoms with E-state index in [0.717, 1.165) is 18.4 Å². The van der Waals surface area contributed by atoms with Crippen molar-refractivity contribution in [2.75, 3.05) is 0 Å². The molecule has 0 saturated heterocycles. The number of nitrogens with zero attached hydrogens (tertiary/aromatic N) is 2. The number of hydrogen-bond acceptors (Lipinski definition) is 2. The molecule has 1 aromatic heterocycles. The first-order valence-corrected chi connectivity index (χ1v) is 7.71. The lowest BCUT2D eigenvalue weighted by molar-refractivity contribution is 0.0200. The molecule has 1 saturated carbocycles. The SMILES string of the molecule is CC(C)n1c(C(C)(O)C2CC2)nc2c(F)cc(Br)cc21. The summed E-state index contributed by atoms with van der Waals surface area (Å²) in [6, 6.07) is 3.38. The first-order valence-electron chi connectivity index (χ1n) is 6.92. The molecular weight excluding hydrogens is 323 g/mol. The van der Waals surface area contributed by atoms with Gasteiger partial charge in [0.25, 0.3) is 0 Å². The molecule has 2 aromatic rings. The van der Waals surface area contributed by atoms with Crippen LogP contribution in [-0.2, 0) is 5.60 Å². The van der Waals surface area contributed by atoms with Crippen LogP contribution in [0.5, 0.6) is 0 Å². The third kappa shape index (κ3) is 2.07. The summed E-state index contributed by atoms with van der Waals surface area (Å²) in [6.45, 7) is 5.83. The Morgan fingerprint density at radius 2 is 2.10 bits per heavy atom. The standard InChI is InChI=1S/C15H18BrFN2O/c1-8(2)19-12-7-10(16)6-11(17)13(12)18-14(19)15(3,20)9-4-5-9/h6-9,20H,4-5H2,1-3H3. The van der Waals surface area contributed by atoms with Gasteiger partial charge in [0.15, 0.2) is 5.82 Å². The van der Waals surface area contributed by atoms with Crippen molar-refractivity contribution >= 4 is 27.0 Å². The van der Waals surface area contributed by atoms with Crippen LogP contribution < -0.4 is 0 Å². The van der Waals surface area contributed by atoms with E-state index in [9.17, 15) is 9.50 Å². The van der Waals surface area contributed by atoms with Crippen molar-refractivity contribution in [3.05, 3.63) is 28.2 Å². The molecule has 1 aromatic carbocycles. The molecule has 1 unspecified atom stereocenters. The second-order valence-electron chi connectivity index (χ2n) is 6.08. The normalized spacial score (nSPS) is 18.8. The minimum atomic E-state index is -0.998. The van der Waals surface area contributed by atoms with Crippen molar-refractivity contribution < 1.29 is 9.50 Å². The van der Waals surface area contributed by atoms with Gasteiger partial charge in [0.05, 0.1) is 5.52 Å². The largest absolute Gasteiger partial charge is 0.382 e. The second-order valence-corrected chi connectivity index (χ2v) is 6.99. The minimum Gasteiger partial charge on any atom is -0.382 e. The maximum Gasteiger partial charge on any atom is 0.152 e. The van der Waals surface area contributed by atoms with Crippen LogP contribution in [0.2, 0.25) is 0 Å². The van der Waals surface area contributed by atoms with Gasteiger partial charge >= 0.3 is 0 Å². The highest BCUT2D eigenvalue weighted by atomic mass is 79.9. The molecule has 108 valence electrons. The van der Waals surface area contributed by atoms with Gasteiger partial charge in [-0.2, -0.15) is 0 Å². The minimum absolute atomic E-state index is 0.105. The van der Waals surface area contributed by atoms with Gasteiger partial charge in [0, 0.05) is 10.5 Å². The summed E-state index contributed by atoms with van der Waals surface area (Å²) >= 11 is 3.32. The Hall–Kier alpha value is -0.940. The molecular formula is C15H18BrFN2O. The van der Waals surface area contributed by atoms with E-state index in [1.165, 1.54) is 6.07 Å². The molecule has 3 nitrogen and oxygen atoms in total. The van der Waals surface area contributed by atoms with Crippen molar-refractivity contribution in [2.24, 2.45) is 5.92 Å². The summed E-state index contributed by atoms with van der Waals surface area (Å²) in [5.41, 5.74) is 0.0583. The first-order chi connectivity index (χ1) is 9.32. The predicted molar refractivity (Wildman–Crippen MR) is 80.1 cm³/mol. The fourth-order valence-corrected chi connectivity index (χ4v) is 3.25. The van der Waals surface area contributed by atoms with E-state index in [2.05, 4.69) is 20.9 Å². The smallest absolute Gasteiger partial charge is 0.152 e. The van der Waals surface area contributed by atoms with E-state index in [1.54, 1.807) is 6.92 Å². The fourth-order valence-electron chi connectivity index (χ4n) is 2.83. The quantitative estimate of drug-likeness (QED) is 0.911. The van der Waals surface area contributed by atoms with Crippen molar-refractivity contribution in [2.45, 2.75) is 45.3 Å². The van der Waals surface area contributed by atoms with Crippen LogP contribution in [0.15, 0.2) is 16.6 Å². The third-order valence-electron chi connectivity index (χ3n) is 4.05. The molecule has 20 heavy (non-hydrogen) atoms. The highest BCUT2D eigenvalue weighted by Crippen LogP contribution is 2.46. The lowest BCUT2D eigenvalue weighted by atomic mass is 9.99. The summed E-state index contributed by atoms with van der Waals surface area (Å²) in [4.78, 5) is 4.42. The fraction of sp³-hybridized carbons (Fsp3) is 0.533. The van der Waals surface area contributed by atoms with Crippen LogP contribution in [0.1, 0.15) is 45.5 Å². The summed E-state index contributed by atoms with van der Waals surface area (Å²) < 4.78 is 16.7. The molecule has 1 heterocycles. The summed E-state index contributed by atoms with van der Waals surface area (Å²) in [5.74, 6) is 0.437. The number of imidazole rings is 1. The predicted octanol–water partition coefficient (Wildman–Crippen LogP) is 4.14. The highest BCUT2D eigenvalue weighted by molar-refractivity contribution is 9.10. The number of aromatic nitrogens is 2. The Bertz CT molecular complexity index is 674. The lowest BCUT2D eigenvalue weighted by Gasteiger charge is -2.25. The lowest BCUT2D eigenvalue weighted by Crippen LogP contribution is -2.29. The maximum absolute atomic E-state index is 14.1. The van der Waals surface area contributed by atoms with Gasteiger partial charge in [-0.3, -0.25) is 0 Å². The van der Waals surface area contributed by atoms with E-state index >= 15 is 0 Å². The molecule has 5 heteroatoms. The van der Waals surface area contributed by atoms with Crippen molar-refractivity contribution in [1.82, 2.24) is 9.55 Å². The molecule has 1 atom stereocenters. The number of aliphatic hydroxyl groups is 1. The average molecular weight is 341 g/mol. The number of hydrogen-bond donors (Lipinski definition) is 1. The molecule has 1 N–H and O–H groups in total. The number of halogens is 2. The Morgan fingerprint density at radius 1 is 1.45 bits per heavy atom. The molecule has 1 aliphatic carbocycles. The summed E-state index contributed by atoms with van der Waals surface area (Å²) in [5, 5.41) is 10.8. The Labute approximate surface area is 125 Å². The molecule has 0 amide bonds. The molecule has 3 rings (SSSR count). The number of fused-ring (bicyclic) bond motifs is 1. The van der Waals surface area contributed by atoms with Crippen molar-refractivity contribution in [3.8, 4) is 0 Å². The third-order valence-corrected chi connectivity index (χ3v) is 4.51. The molecule has 1 fully saturated rings. The highest BCUT2D eigenvalue weighted by Gasteiger charge is 2.45. The summed E-state index contributed by atoms with van der Waals surface area (Å²) in [7, 11) is 0. The topological polar surface area (TPSA) is 38.0 Å². The first kappa shape index (κ1) is 14.0.